The Labute approximate surface area is 122 Å². The van der Waals surface area contributed by atoms with E-state index in [1.54, 1.807) is 24.3 Å². The molecule has 2 N–H and O–H groups in total. The van der Waals surface area contributed by atoms with Gasteiger partial charge in [0, 0.05) is 12.0 Å². The van der Waals surface area contributed by atoms with Crippen molar-refractivity contribution in [3.63, 3.8) is 0 Å². The third kappa shape index (κ3) is 3.24. The molecule has 0 saturated heterocycles. The Bertz CT molecular complexity index is 628. The maximum absolute atomic E-state index is 13.4. The van der Waals surface area contributed by atoms with Gasteiger partial charge in [0.2, 0.25) is 0 Å². The smallest absolute Gasteiger partial charge is 0.167 e. The second kappa shape index (κ2) is 6.64. The van der Waals surface area contributed by atoms with Crippen LogP contribution in [0, 0.1) is 5.82 Å². The largest absolute Gasteiger partial charge is 0.330 e. The molecule has 0 aliphatic rings. The topological polar surface area (TPSA) is 43.1 Å². The molecule has 2 aromatic carbocycles. The van der Waals surface area contributed by atoms with Crippen LogP contribution in [-0.2, 0) is 12.8 Å². The first-order chi connectivity index (χ1) is 9.63. The summed E-state index contributed by atoms with van der Waals surface area (Å²) in [5.41, 5.74) is 7.58. The molecule has 2 nitrogen and oxygen atoms in total. The molecule has 0 heterocycles. The Kier molecular flexibility index (Phi) is 4.88. The van der Waals surface area contributed by atoms with Crippen molar-refractivity contribution in [3.05, 3.63) is 70.0 Å². The monoisotopic (exact) mass is 291 g/mol. The zero-order chi connectivity index (χ0) is 14.5. The van der Waals surface area contributed by atoms with Gasteiger partial charge >= 0.3 is 0 Å². The molecule has 0 fully saturated rings. The fourth-order valence-corrected chi connectivity index (χ4v) is 2.31. The second-order valence-electron chi connectivity index (χ2n) is 4.51. The lowest BCUT2D eigenvalue weighted by atomic mass is 9.97. The van der Waals surface area contributed by atoms with E-state index < -0.39 is 5.82 Å². The van der Waals surface area contributed by atoms with Crippen LogP contribution in [0.1, 0.15) is 21.5 Å². The van der Waals surface area contributed by atoms with Gasteiger partial charge < -0.3 is 5.73 Å². The first kappa shape index (κ1) is 14.7. The van der Waals surface area contributed by atoms with Gasteiger partial charge in [-0.1, -0.05) is 48.0 Å². The minimum Gasteiger partial charge on any atom is -0.330 e. The summed E-state index contributed by atoms with van der Waals surface area (Å²) < 4.78 is 13.4. The van der Waals surface area contributed by atoms with Crippen molar-refractivity contribution in [3.8, 4) is 0 Å². The molecule has 0 radical (unpaired) electrons. The van der Waals surface area contributed by atoms with Crippen LogP contribution in [0.25, 0.3) is 0 Å². The number of Topliss-reactive ketones (excluding diaryl/α,β-unsaturated/α-hetero) is 1. The first-order valence-electron chi connectivity index (χ1n) is 6.37. The van der Waals surface area contributed by atoms with Crippen LogP contribution in [0.3, 0.4) is 0 Å². The molecule has 0 bridgehead atoms. The molecule has 2 rings (SSSR count). The van der Waals surface area contributed by atoms with Gasteiger partial charge in [-0.3, -0.25) is 4.79 Å². The van der Waals surface area contributed by atoms with E-state index in [4.69, 9.17) is 17.3 Å². The number of hydrogen-bond acceptors (Lipinski definition) is 2. The fourth-order valence-electron chi connectivity index (χ4n) is 2.12. The average Bonchev–Trinajstić information content (AvgIpc) is 2.45. The van der Waals surface area contributed by atoms with Gasteiger partial charge in [0.15, 0.2) is 5.78 Å². The van der Waals surface area contributed by atoms with Crippen molar-refractivity contribution in [1.29, 1.82) is 0 Å². The van der Waals surface area contributed by atoms with Crippen molar-refractivity contribution in [1.82, 2.24) is 0 Å². The third-order valence-electron chi connectivity index (χ3n) is 3.11. The lowest BCUT2D eigenvalue weighted by Gasteiger charge is -2.09. The fraction of sp³-hybridized carbons (Fsp3) is 0.188. The Balaban J connectivity index is 2.26. The van der Waals surface area contributed by atoms with E-state index in [1.807, 2.05) is 12.1 Å². The summed E-state index contributed by atoms with van der Waals surface area (Å²) in [7, 11) is 0. The molecular weight excluding hydrogens is 277 g/mol. The number of rotatable bonds is 5. The molecule has 20 heavy (non-hydrogen) atoms. The van der Waals surface area contributed by atoms with Crippen LogP contribution in [0.4, 0.5) is 4.39 Å². The third-order valence-corrected chi connectivity index (χ3v) is 3.54. The Hall–Kier alpha value is -1.71. The summed E-state index contributed by atoms with van der Waals surface area (Å²) in [4.78, 5) is 12.4. The molecule has 0 unspecified atom stereocenters. The molecule has 104 valence electrons. The van der Waals surface area contributed by atoms with Crippen LogP contribution in [0.15, 0.2) is 42.5 Å². The van der Waals surface area contributed by atoms with Gasteiger partial charge in [-0.15, -0.1) is 0 Å². The van der Waals surface area contributed by atoms with Crippen LogP contribution >= 0.6 is 11.6 Å². The van der Waals surface area contributed by atoms with Crippen molar-refractivity contribution >= 4 is 17.4 Å². The molecule has 0 aromatic heterocycles. The summed E-state index contributed by atoms with van der Waals surface area (Å²) in [6.07, 6.45) is 0.719. The van der Waals surface area contributed by atoms with Crippen LogP contribution in [0.5, 0.6) is 0 Å². The normalized spacial score (nSPS) is 10.6. The highest BCUT2D eigenvalue weighted by Gasteiger charge is 2.14. The van der Waals surface area contributed by atoms with Crippen LogP contribution < -0.4 is 5.73 Å². The number of nitrogens with two attached hydrogens (primary N) is 1. The van der Waals surface area contributed by atoms with E-state index in [-0.39, 0.29) is 17.2 Å². The lowest BCUT2D eigenvalue weighted by molar-refractivity contribution is 0.0992. The van der Waals surface area contributed by atoms with E-state index in [0.29, 0.717) is 24.1 Å². The number of carbonyl (C=O) groups is 1. The van der Waals surface area contributed by atoms with E-state index in [1.165, 1.54) is 6.07 Å². The predicted molar refractivity (Wildman–Crippen MR) is 78.6 cm³/mol. The second-order valence-corrected chi connectivity index (χ2v) is 4.89. The number of ketones is 1. The first-order valence-corrected chi connectivity index (χ1v) is 6.75. The highest BCUT2D eigenvalue weighted by molar-refractivity contribution is 6.31. The standard InChI is InChI=1S/C16H15ClFNO/c17-16-12(5-3-7-14(16)18)10-15(20)13-6-2-1-4-11(13)8-9-19/h1-7H,8-10,19H2. The highest BCUT2D eigenvalue weighted by Crippen LogP contribution is 2.22. The summed E-state index contributed by atoms with van der Waals surface area (Å²) >= 11 is 5.88. The van der Waals surface area contributed by atoms with Gasteiger partial charge in [-0.05, 0) is 30.2 Å². The minimum atomic E-state index is -0.507. The minimum absolute atomic E-state index is 0.0113. The SMILES string of the molecule is NCCc1ccccc1C(=O)Cc1cccc(F)c1Cl. The molecular formula is C16H15ClFNO. The number of benzene rings is 2. The molecule has 2 aromatic rings. The molecule has 0 saturated carbocycles. The molecule has 0 spiro atoms. The summed E-state index contributed by atoms with van der Waals surface area (Å²) in [6, 6.07) is 11.8. The average molecular weight is 292 g/mol. The highest BCUT2D eigenvalue weighted by atomic mass is 35.5. The van der Waals surface area contributed by atoms with E-state index >= 15 is 0 Å². The van der Waals surface area contributed by atoms with Gasteiger partial charge in [0.25, 0.3) is 0 Å². The molecule has 0 aliphatic heterocycles. The maximum atomic E-state index is 13.4. The summed E-state index contributed by atoms with van der Waals surface area (Å²) in [6.45, 7) is 0.477. The Morgan fingerprint density at radius 3 is 2.55 bits per heavy atom. The quantitative estimate of drug-likeness (QED) is 0.858. The van der Waals surface area contributed by atoms with Crippen molar-refractivity contribution < 1.29 is 9.18 Å². The van der Waals surface area contributed by atoms with Crippen LogP contribution in [0.2, 0.25) is 5.02 Å². The van der Waals surface area contributed by atoms with Gasteiger partial charge in [-0.2, -0.15) is 0 Å². The van der Waals surface area contributed by atoms with Gasteiger partial charge in [0.05, 0.1) is 5.02 Å². The van der Waals surface area contributed by atoms with Crippen molar-refractivity contribution in [2.45, 2.75) is 12.8 Å². The summed E-state index contributed by atoms with van der Waals surface area (Å²) in [5, 5.41) is 0.0113. The van der Waals surface area contributed by atoms with E-state index in [0.717, 1.165) is 5.56 Å². The number of hydrogen-bond donors (Lipinski definition) is 1. The predicted octanol–water partition coefficient (Wildman–Crippen LogP) is 3.41. The Morgan fingerprint density at radius 1 is 1.10 bits per heavy atom. The number of carbonyl (C=O) groups excluding carboxylic acids is 1. The Morgan fingerprint density at radius 2 is 1.80 bits per heavy atom. The molecule has 0 amide bonds. The van der Waals surface area contributed by atoms with Gasteiger partial charge in [-0.25, -0.2) is 4.39 Å². The number of halogens is 2. The maximum Gasteiger partial charge on any atom is 0.167 e. The van der Waals surface area contributed by atoms with E-state index in [9.17, 15) is 9.18 Å². The zero-order valence-electron chi connectivity index (χ0n) is 10.9. The lowest BCUT2D eigenvalue weighted by Crippen LogP contribution is -2.11. The van der Waals surface area contributed by atoms with Gasteiger partial charge in [0.1, 0.15) is 5.82 Å². The molecule has 4 heteroatoms. The molecule has 0 atom stereocenters. The summed E-state index contributed by atoms with van der Waals surface area (Å²) in [5.74, 6) is -0.589. The van der Waals surface area contributed by atoms with Crippen molar-refractivity contribution in [2.24, 2.45) is 5.73 Å². The molecule has 0 aliphatic carbocycles. The van der Waals surface area contributed by atoms with E-state index in [2.05, 4.69) is 0 Å². The van der Waals surface area contributed by atoms with Crippen LogP contribution in [-0.4, -0.2) is 12.3 Å². The van der Waals surface area contributed by atoms with Crippen molar-refractivity contribution in [2.75, 3.05) is 6.54 Å². The zero-order valence-corrected chi connectivity index (χ0v) is 11.7.